The first-order chi connectivity index (χ1) is 11.0. The van der Waals surface area contributed by atoms with E-state index in [9.17, 15) is 15.2 Å². The van der Waals surface area contributed by atoms with Crippen LogP contribution in [0.2, 0.25) is 5.02 Å². The van der Waals surface area contributed by atoms with Crippen LogP contribution in [0, 0.1) is 11.3 Å². The quantitative estimate of drug-likeness (QED) is 0.638. The molecule has 0 atom stereocenters. The van der Waals surface area contributed by atoms with Crippen molar-refractivity contribution in [2.45, 2.75) is 38.6 Å². The van der Waals surface area contributed by atoms with E-state index in [0.29, 0.717) is 12.2 Å². The number of amides is 1. The molecule has 1 amide bonds. The van der Waals surface area contributed by atoms with Crippen LogP contribution in [0.3, 0.4) is 0 Å². The average molecular weight is 335 g/mol. The molecule has 0 aliphatic heterocycles. The first-order valence-corrected chi connectivity index (χ1v) is 8.01. The number of carbonyl (C=O) groups is 1. The fraction of sp³-hybridized carbons (Fsp3) is 0.412. The molecule has 1 saturated carbocycles. The highest BCUT2D eigenvalue weighted by Gasteiger charge is 2.19. The molecular formula is C17H19ClN2O3. The third kappa shape index (κ3) is 4.40. The summed E-state index contributed by atoms with van der Waals surface area (Å²) in [5.41, 5.74) is 0.524. The number of hydrogen-bond acceptors (Lipinski definition) is 4. The molecule has 1 aromatic carbocycles. The van der Waals surface area contributed by atoms with Crippen molar-refractivity contribution in [1.82, 2.24) is 5.32 Å². The van der Waals surface area contributed by atoms with Crippen molar-refractivity contribution in [2.75, 3.05) is 6.61 Å². The Labute approximate surface area is 140 Å². The van der Waals surface area contributed by atoms with E-state index in [-0.39, 0.29) is 34.0 Å². The van der Waals surface area contributed by atoms with Gasteiger partial charge in [0.05, 0.1) is 11.6 Å². The predicted octanol–water partition coefficient (Wildman–Crippen LogP) is 3.41. The molecule has 0 bridgehead atoms. The highest BCUT2D eigenvalue weighted by Crippen LogP contribution is 2.35. The standard InChI is InChI=1S/C17H19ClN2O3/c1-2-23-15-9-11(8-14(18)16(15)21)7-12(10-19)17(22)20-13-5-3-4-6-13/h7-9,13,21H,2-6H2,1H3,(H,20,22)/b12-7-. The maximum Gasteiger partial charge on any atom is 0.262 e. The van der Waals surface area contributed by atoms with E-state index in [4.69, 9.17) is 16.3 Å². The third-order valence-corrected chi connectivity index (χ3v) is 4.01. The van der Waals surface area contributed by atoms with Crippen molar-refractivity contribution < 1.29 is 14.6 Å². The largest absolute Gasteiger partial charge is 0.503 e. The zero-order chi connectivity index (χ0) is 16.8. The van der Waals surface area contributed by atoms with Gasteiger partial charge in [0.25, 0.3) is 5.91 Å². The highest BCUT2D eigenvalue weighted by atomic mass is 35.5. The number of carbonyl (C=O) groups excluding carboxylic acids is 1. The summed E-state index contributed by atoms with van der Waals surface area (Å²) in [5.74, 6) is -0.319. The zero-order valence-electron chi connectivity index (χ0n) is 12.9. The van der Waals surface area contributed by atoms with Crippen molar-refractivity contribution in [3.63, 3.8) is 0 Å². The maximum atomic E-state index is 12.2. The number of phenols is 1. The summed E-state index contributed by atoms with van der Waals surface area (Å²) in [4.78, 5) is 12.2. The van der Waals surface area contributed by atoms with Gasteiger partial charge in [-0.15, -0.1) is 0 Å². The molecule has 23 heavy (non-hydrogen) atoms. The van der Waals surface area contributed by atoms with Gasteiger partial charge in [0.15, 0.2) is 11.5 Å². The molecule has 1 fully saturated rings. The molecule has 0 saturated heterocycles. The van der Waals surface area contributed by atoms with E-state index in [1.807, 2.05) is 6.07 Å². The summed E-state index contributed by atoms with van der Waals surface area (Å²) in [7, 11) is 0. The minimum Gasteiger partial charge on any atom is -0.503 e. The number of nitriles is 1. The van der Waals surface area contributed by atoms with Gasteiger partial charge in [-0.2, -0.15) is 5.26 Å². The Morgan fingerprint density at radius 3 is 2.83 bits per heavy atom. The smallest absolute Gasteiger partial charge is 0.262 e. The molecule has 0 radical (unpaired) electrons. The molecular weight excluding hydrogens is 316 g/mol. The van der Waals surface area contributed by atoms with Crippen LogP contribution in [-0.4, -0.2) is 23.7 Å². The Kier molecular flexibility index (Phi) is 5.89. The van der Waals surface area contributed by atoms with E-state index in [2.05, 4.69) is 5.32 Å². The van der Waals surface area contributed by atoms with E-state index in [0.717, 1.165) is 25.7 Å². The number of nitrogens with one attached hydrogen (secondary N) is 1. The van der Waals surface area contributed by atoms with Crippen LogP contribution in [0.4, 0.5) is 0 Å². The summed E-state index contributed by atoms with van der Waals surface area (Å²) in [6.07, 6.45) is 5.54. The average Bonchev–Trinajstić information content (AvgIpc) is 3.02. The lowest BCUT2D eigenvalue weighted by Gasteiger charge is -2.11. The van der Waals surface area contributed by atoms with E-state index in [1.54, 1.807) is 13.0 Å². The Morgan fingerprint density at radius 1 is 1.52 bits per heavy atom. The summed E-state index contributed by atoms with van der Waals surface area (Å²) < 4.78 is 5.29. The SMILES string of the molecule is CCOc1cc(/C=C(/C#N)C(=O)NC2CCCC2)cc(Cl)c1O. The molecule has 5 nitrogen and oxygen atoms in total. The Morgan fingerprint density at radius 2 is 2.22 bits per heavy atom. The van der Waals surface area contributed by atoms with Gasteiger partial charge in [0.2, 0.25) is 0 Å². The molecule has 1 aromatic rings. The molecule has 2 rings (SSSR count). The van der Waals surface area contributed by atoms with Crippen LogP contribution in [0.15, 0.2) is 17.7 Å². The molecule has 0 spiro atoms. The molecule has 122 valence electrons. The van der Waals surface area contributed by atoms with Crippen LogP contribution in [0.1, 0.15) is 38.2 Å². The van der Waals surface area contributed by atoms with E-state index in [1.165, 1.54) is 12.1 Å². The second-order valence-electron chi connectivity index (χ2n) is 5.41. The van der Waals surface area contributed by atoms with E-state index < -0.39 is 0 Å². The minimum atomic E-state index is -0.387. The highest BCUT2D eigenvalue weighted by molar-refractivity contribution is 6.32. The number of ether oxygens (including phenoxy) is 1. The van der Waals surface area contributed by atoms with Gasteiger partial charge in [0.1, 0.15) is 11.6 Å². The number of aromatic hydroxyl groups is 1. The number of rotatable bonds is 5. The van der Waals surface area contributed by atoms with Crippen LogP contribution in [0.5, 0.6) is 11.5 Å². The molecule has 6 heteroatoms. The topological polar surface area (TPSA) is 82.3 Å². The van der Waals surface area contributed by atoms with Crippen molar-refractivity contribution in [2.24, 2.45) is 0 Å². The summed E-state index contributed by atoms with van der Waals surface area (Å²) in [6, 6.07) is 5.09. The number of nitrogens with zero attached hydrogens (tertiary/aromatic N) is 1. The lowest BCUT2D eigenvalue weighted by atomic mass is 10.1. The lowest BCUT2D eigenvalue weighted by molar-refractivity contribution is -0.117. The van der Waals surface area contributed by atoms with Gasteiger partial charge in [-0.1, -0.05) is 24.4 Å². The second-order valence-corrected chi connectivity index (χ2v) is 5.81. The monoisotopic (exact) mass is 334 g/mol. The molecule has 1 aliphatic carbocycles. The number of benzene rings is 1. The van der Waals surface area contributed by atoms with Crippen LogP contribution < -0.4 is 10.1 Å². The van der Waals surface area contributed by atoms with E-state index >= 15 is 0 Å². The number of hydrogen-bond donors (Lipinski definition) is 2. The molecule has 0 heterocycles. The predicted molar refractivity (Wildman–Crippen MR) is 88.3 cm³/mol. The van der Waals surface area contributed by atoms with Gasteiger partial charge >= 0.3 is 0 Å². The van der Waals surface area contributed by atoms with Gasteiger partial charge in [-0.3, -0.25) is 4.79 Å². The van der Waals surface area contributed by atoms with Crippen LogP contribution >= 0.6 is 11.6 Å². The number of halogens is 1. The van der Waals surface area contributed by atoms with Crippen molar-refractivity contribution in [3.8, 4) is 17.6 Å². The van der Waals surface area contributed by atoms with Crippen molar-refractivity contribution in [3.05, 3.63) is 28.3 Å². The second kappa shape index (κ2) is 7.89. The summed E-state index contributed by atoms with van der Waals surface area (Å²) >= 11 is 5.96. The number of phenolic OH excluding ortho intramolecular Hbond substituents is 1. The Hall–Kier alpha value is -2.19. The first kappa shape index (κ1) is 17.2. The van der Waals surface area contributed by atoms with Crippen molar-refractivity contribution in [1.29, 1.82) is 5.26 Å². The van der Waals surface area contributed by atoms with Gasteiger partial charge < -0.3 is 15.2 Å². The van der Waals surface area contributed by atoms with Crippen molar-refractivity contribution >= 4 is 23.6 Å². The van der Waals surface area contributed by atoms with Gasteiger partial charge in [-0.25, -0.2) is 0 Å². The van der Waals surface area contributed by atoms with Crippen LogP contribution in [0.25, 0.3) is 6.08 Å². The zero-order valence-corrected chi connectivity index (χ0v) is 13.7. The fourth-order valence-corrected chi connectivity index (χ4v) is 2.81. The summed E-state index contributed by atoms with van der Waals surface area (Å²) in [6.45, 7) is 2.15. The fourth-order valence-electron chi connectivity index (χ4n) is 2.59. The minimum absolute atomic E-state index is 0.00102. The molecule has 0 aromatic heterocycles. The van der Waals surface area contributed by atoms with Gasteiger partial charge in [-0.05, 0) is 43.5 Å². The first-order valence-electron chi connectivity index (χ1n) is 7.63. The molecule has 0 unspecified atom stereocenters. The lowest BCUT2D eigenvalue weighted by Crippen LogP contribution is -2.33. The molecule has 2 N–H and O–H groups in total. The Bertz CT molecular complexity index is 659. The normalized spacial score (nSPS) is 15.3. The maximum absolute atomic E-state index is 12.2. The Balaban J connectivity index is 2.23. The van der Waals surface area contributed by atoms with Gasteiger partial charge in [0, 0.05) is 6.04 Å². The van der Waals surface area contributed by atoms with Crippen LogP contribution in [-0.2, 0) is 4.79 Å². The third-order valence-electron chi connectivity index (χ3n) is 3.72. The summed E-state index contributed by atoms with van der Waals surface area (Å²) in [5, 5.41) is 22.0. The molecule has 1 aliphatic rings.